The Balaban J connectivity index is 3.84. The molecule has 0 rings (SSSR count). The van der Waals surface area contributed by atoms with E-state index in [1.54, 1.807) is 0 Å². The van der Waals surface area contributed by atoms with Crippen molar-refractivity contribution in [2.24, 2.45) is 0 Å². The van der Waals surface area contributed by atoms with Gasteiger partial charge in [-0.05, 0) is 33.7 Å². The van der Waals surface area contributed by atoms with E-state index in [0.717, 1.165) is 26.1 Å². The molecule has 3 nitrogen and oxygen atoms in total. The Morgan fingerprint density at radius 1 is 1.29 bits per heavy atom. The Kier molecular flexibility index (Phi) is 7.48. The van der Waals surface area contributed by atoms with Crippen molar-refractivity contribution in [2.45, 2.75) is 46.6 Å². The zero-order valence-electron chi connectivity index (χ0n) is 9.97. The number of unbranched alkanes of at least 4 members (excludes halogenated alkanes) is 1. The van der Waals surface area contributed by atoms with Gasteiger partial charge in [-0.3, -0.25) is 4.79 Å². The molecule has 0 aliphatic rings. The molecule has 0 saturated carbocycles. The average molecular weight is 200 g/mol. The lowest BCUT2D eigenvalue weighted by Gasteiger charge is -2.23. The van der Waals surface area contributed by atoms with Crippen LogP contribution in [-0.2, 0) is 4.79 Å². The van der Waals surface area contributed by atoms with Crippen LogP contribution in [0.3, 0.4) is 0 Å². The van der Waals surface area contributed by atoms with E-state index in [-0.39, 0.29) is 11.9 Å². The van der Waals surface area contributed by atoms with Gasteiger partial charge >= 0.3 is 0 Å². The van der Waals surface area contributed by atoms with Crippen molar-refractivity contribution >= 4 is 5.91 Å². The first kappa shape index (κ1) is 13.4. The number of carbonyl (C=O) groups excluding carboxylic acids is 1. The van der Waals surface area contributed by atoms with Gasteiger partial charge in [-0.2, -0.15) is 0 Å². The molecule has 1 N–H and O–H groups in total. The Morgan fingerprint density at radius 3 is 2.29 bits per heavy atom. The second-order valence-corrected chi connectivity index (χ2v) is 3.54. The van der Waals surface area contributed by atoms with Gasteiger partial charge in [0.2, 0.25) is 5.91 Å². The van der Waals surface area contributed by atoms with Gasteiger partial charge in [0.25, 0.3) is 0 Å². The molecule has 0 heterocycles. The van der Waals surface area contributed by atoms with E-state index in [1.165, 1.54) is 6.42 Å². The molecule has 0 aromatic rings. The average Bonchev–Trinajstić information content (AvgIpc) is 2.19. The van der Waals surface area contributed by atoms with E-state index in [4.69, 9.17) is 0 Å². The summed E-state index contributed by atoms with van der Waals surface area (Å²) in [6.45, 7) is 10.7. The monoisotopic (exact) mass is 200 g/mol. The van der Waals surface area contributed by atoms with Gasteiger partial charge in [0.1, 0.15) is 0 Å². The number of amides is 1. The maximum atomic E-state index is 11.8. The highest BCUT2D eigenvalue weighted by Gasteiger charge is 2.16. The molecule has 0 aliphatic heterocycles. The van der Waals surface area contributed by atoms with Gasteiger partial charge in [0.15, 0.2) is 0 Å². The second-order valence-electron chi connectivity index (χ2n) is 3.54. The highest BCUT2D eigenvalue weighted by Crippen LogP contribution is 1.95. The Hall–Kier alpha value is -0.570. The molecule has 1 amide bonds. The molecule has 0 aromatic heterocycles. The fraction of sp³-hybridized carbons (Fsp3) is 0.909. The second kappa shape index (κ2) is 7.80. The molecule has 0 radical (unpaired) electrons. The predicted molar refractivity (Wildman–Crippen MR) is 60.3 cm³/mol. The Morgan fingerprint density at radius 2 is 1.86 bits per heavy atom. The van der Waals surface area contributed by atoms with Crippen LogP contribution in [0.15, 0.2) is 0 Å². The minimum Gasteiger partial charge on any atom is -0.342 e. The normalized spacial score (nSPS) is 12.6. The van der Waals surface area contributed by atoms with Crippen molar-refractivity contribution in [3.05, 3.63) is 0 Å². The maximum Gasteiger partial charge on any atom is 0.239 e. The number of likely N-dealkylation sites (N-methyl/N-ethyl adjacent to an activating group) is 1. The summed E-state index contributed by atoms with van der Waals surface area (Å²) in [4.78, 5) is 13.6. The van der Waals surface area contributed by atoms with E-state index in [2.05, 4.69) is 12.2 Å². The first-order valence-electron chi connectivity index (χ1n) is 5.69. The summed E-state index contributed by atoms with van der Waals surface area (Å²) in [6.07, 6.45) is 2.30. The molecule has 1 unspecified atom stereocenters. The van der Waals surface area contributed by atoms with Crippen LogP contribution in [-0.4, -0.2) is 36.5 Å². The van der Waals surface area contributed by atoms with Crippen LogP contribution >= 0.6 is 0 Å². The molecular formula is C11H24N2O. The van der Waals surface area contributed by atoms with Crippen molar-refractivity contribution in [1.29, 1.82) is 0 Å². The molecule has 0 bridgehead atoms. The first-order chi connectivity index (χ1) is 6.67. The molecule has 0 spiro atoms. The molecular weight excluding hydrogens is 176 g/mol. The molecule has 1 atom stereocenters. The van der Waals surface area contributed by atoms with Gasteiger partial charge in [0.05, 0.1) is 6.04 Å². The number of rotatable bonds is 7. The SMILES string of the molecule is CCCCNC(C)C(=O)N(CC)CC. The molecule has 3 heteroatoms. The quantitative estimate of drug-likeness (QED) is 0.634. The highest BCUT2D eigenvalue weighted by molar-refractivity contribution is 5.81. The number of hydrogen-bond acceptors (Lipinski definition) is 2. The topological polar surface area (TPSA) is 32.3 Å². The molecule has 0 aliphatic carbocycles. The largest absolute Gasteiger partial charge is 0.342 e. The number of nitrogens with zero attached hydrogens (tertiary/aromatic N) is 1. The third-order valence-corrected chi connectivity index (χ3v) is 2.43. The standard InChI is InChI=1S/C11H24N2O/c1-5-8-9-12-10(4)11(14)13(6-2)7-3/h10,12H,5-9H2,1-4H3. The van der Waals surface area contributed by atoms with Crippen molar-refractivity contribution in [2.75, 3.05) is 19.6 Å². The number of carbonyl (C=O) groups is 1. The predicted octanol–water partition coefficient (Wildman–Crippen LogP) is 1.63. The number of hydrogen-bond donors (Lipinski definition) is 1. The summed E-state index contributed by atoms with van der Waals surface area (Å²) in [7, 11) is 0. The summed E-state index contributed by atoms with van der Waals surface area (Å²) in [5.74, 6) is 0.214. The fourth-order valence-corrected chi connectivity index (χ4v) is 1.39. The lowest BCUT2D eigenvalue weighted by atomic mass is 10.2. The molecule has 14 heavy (non-hydrogen) atoms. The van der Waals surface area contributed by atoms with Crippen LogP contribution in [0, 0.1) is 0 Å². The molecule has 0 saturated heterocycles. The van der Waals surface area contributed by atoms with E-state index >= 15 is 0 Å². The minimum absolute atomic E-state index is 0.0403. The lowest BCUT2D eigenvalue weighted by molar-refractivity contribution is -0.132. The van der Waals surface area contributed by atoms with Crippen LogP contribution in [0.2, 0.25) is 0 Å². The zero-order chi connectivity index (χ0) is 11.0. The van der Waals surface area contributed by atoms with Crippen LogP contribution in [0.1, 0.15) is 40.5 Å². The summed E-state index contributed by atoms with van der Waals surface area (Å²) in [5, 5.41) is 3.24. The third kappa shape index (κ3) is 4.61. The van der Waals surface area contributed by atoms with Crippen LogP contribution in [0.4, 0.5) is 0 Å². The Bertz CT molecular complexity index is 155. The van der Waals surface area contributed by atoms with E-state index in [0.29, 0.717) is 0 Å². The van der Waals surface area contributed by atoms with E-state index in [1.807, 2.05) is 25.7 Å². The van der Waals surface area contributed by atoms with Crippen molar-refractivity contribution in [3.63, 3.8) is 0 Å². The van der Waals surface area contributed by atoms with Gasteiger partial charge in [-0.25, -0.2) is 0 Å². The lowest BCUT2D eigenvalue weighted by Crippen LogP contribution is -2.44. The van der Waals surface area contributed by atoms with E-state index in [9.17, 15) is 4.79 Å². The molecule has 0 aromatic carbocycles. The summed E-state index contributed by atoms with van der Waals surface area (Å²) < 4.78 is 0. The Labute approximate surface area is 87.9 Å². The number of nitrogens with one attached hydrogen (secondary N) is 1. The highest BCUT2D eigenvalue weighted by atomic mass is 16.2. The zero-order valence-corrected chi connectivity index (χ0v) is 9.97. The minimum atomic E-state index is -0.0403. The van der Waals surface area contributed by atoms with E-state index < -0.39 is 0 Å². The van der Waals surface area contributed by atoms with Gasteiger partial charge in [0, 0.05) is 13.1 Å². The van der Waals surface area contributed by atoms with Crippen LogP contribution < -0.4 is 5.32 Å². The summed E-state index contributed by atoms with van der Waals surface area (Å²) in [5.41, 5.74) is 0. The third-order valence-electron chi connectivity index (χ3n) is 2.43. The van der Waals surface area contributed by atoms with Gasteiger partial charge in [-0.15, -0.1) is 0 Å². The summed E-state index contributed by atoms with van der Waals surface area (Å²) >= 11 is 0. The maximum absolute atomic E-state index is 11.8. The molecule has 0 fully saturated rings. The van der Waals surface area contributed by atoms with Crippen molar-refractivity contribution < 1.29 is 4.79 Å². The molecule has 84 valence electrons. The summed E-state index contributed by atoms with van der Waals surface area (Å²) in [6, 6.07) is -0.0403. The van der Waals surface area contributed by atoms with Crippen LogP contribution in [0.5, 0.6) is 0 Å². The van der Waals surface area contributed by atoms with Gasteiger partial charge < -0.3 is 10.2 Å². The van der Waals surface area contributed by atoms with Crippen LogP contribution in [0.25, 0.3) is 0 Å². The van der Waals surface area contributed by atoms with Crippen molar-refractivity contribution in [1.82, 2.24) is 10.2 Å². The fourth-order valence-electron chi connectivity index (χ4n) is 1.39. The van der Waals surface area contributed by atoms with Gasteiger partial charge in [-0.1, -0.05) is 13.3 Å². The smallest absolute Gasteiger partial charge is 0.239 e. The van der Waals surface area contributed by atoms with Crippen molar-refractivity contribution in [3.8, 4) is 0 Å². The first-order valence-corrected chi connectivity index (χ1v) is 5.69.